The fourth-order valence-corrected chi connectivity index (χ4v) is 3.44. The Morgan fingerprint density at radius 3 is 2.48 bits per heavy atom. The number of amides is 1. The van der Waals surface area contributed by atoms with Gasteiger partial charge in [0.25, 0.3) is 5.91 Å². The zero-order valence-corrected chi connectivity index (χ0v) is 19.8. The van der Waals surface area contributed by atoms with Crippen LogP contribution in [-0.4, -0.2) is 36.3 Å². The summed E-state index contributed by atoms with van der Waals surface area (Å²) in [5.74, 6) is 1.18. The molecule has 0 unspecified atom stereocenters. The van der Waals surface area contributed by atoms with Crippen molar-refractivity contribution in [3.05, 3.63) is 78.1 Å². The van der Waals surface area contributed by atoms with E-state index < -0.39 is 0 Å². The highest BCUT2D eigenvalue weighted by Crippen LogP contribution is 2.28. The number of hydrogen-bond donors (Lipinski definition) is 2. The minimum Gasteiger partial charge on any atom is -0.490 e. The molecule has 0 aliphatic carbocycles. The Morgan fingerprint density at radius 1 is 1.00 bits per heavy atom. The van der Waals surface area contributed by atoms with Crippen LogP contribution in [0.5, 0.6) is 11.5 Å². The fraction of sp³-hybridized carbons (Fsp3) is 0.240. The van der Waals surface area contributed by atoms with Crippen LogP contribution in [0.15, 0.2) is 76.9 Å². The molecule has 33 heavy (non-hydrogen) atoms. The van der Waals surface area contributed by atoms with Crippen LogP contribution in [0, 0.1) is 0 Å². The van der Waals surface area contributed by atoms with Gasteiger partial charge in [-0.25, -0.2) is 4.99 Å². The van der Waals surface area contributed by atoms with Gasteiger partial charge in [-0.3, -0.25) is 15.1 Å². The molecule has 7 nitrogen and oxygen atoms in total. The number of nitrogens with one attached hydrogen (secondary N) is 2. The van der Waals surface area contributed by atoms with Crippen LogP contribution in [0.3, 0.4) is 0 Å². The number of ether oxygens (including phenoxy) is 2. The highest BCUT2D eigenvalue weighted by molar-refractivity contribution is 7.98. The number of carbonyl (C=O) groups is 1. The first kappa shape index (κ1) is 24.1. The summed E-state index contributed by atoms with van der Waals surface area (Å²) in [5, 5.41) is 6.12. The van der Waals surface area contributed by atoms with Crippen molar-refractivity contribution in [1.82, 2.24) is 10.3 Å². The second-order valence-electron chi connectivity index (χ2n) is 6.86. The smallest absolute Gasteiger partial charge is 0.258 e. The number of benzene rings is 2. The van der Waals surface area contributed by atoms with Crippen LogP contribution >= 0.6 is 11.8 Å². The molecule has 3 aromatic rings. The normalized spacial score (nSPS) is 11.1. The van der Waals surface area contributed by atoms with Crippen LogP contribution in [0.1, 0.15) is 29.8 Å². The summed E-state index contributed by atoms with van der Waals surface area (Å²) in [6, 6.07) is 16.8. The number of thioether (sulfide) groups is 1. The Hall–Kier alpha value is -3.52. The van der Waals surface area contributed by atoms with E-state index in [1.165, 1.54) is 0 Å². The molecule has 172 valence electrons. The standard InChI is InChI=1S/C25H28N4O3S/c1-4-31-22-10-9-19(15-23(22)32-5-2)24(30)29-25(27-17-18-11-13-26-14-12-18)28-20-7-6-8-21(16-20)33-3/h6-16H,4-5,17H2,1-3H3,(H2,27,28,29,30). The van der Waals surface area contributed by atoms with E-state index in [1.807, 2.05) is 56.5 Å². The van der Waals surface area contributed by atoms with E-state index in [4.69, 9.17) is 9.47 Å². The number of aliphatic imine (C=N–C) groups is 1. The second-order valence-corrected chi connectivity index (χ2v) is 7.74. The molecule has 0 fully saturated rings. The lowest BCUT2D eigenvalue weighted by Crippen LogP contribution is -2.36. The van der Waals surface area contributed by atoms with E-state index in [-0.39, 0.29) is 5.91 Å². The average Bonchev–Trinajstić information content (AvgIpc) is 2.84. The Balaban J connectivity index is 1.83. The van der Waals surface area contributed by atoms with Crippen LogP contribution in [-0.2, 0) is 6.54 Å². The SMILES string of the molecule is CCOc1ccc(C(=O)NC(=NCc2ccncc2)Nc2cccc(SC)c2)cc1OCC. The molecule has 1 aromatic heterocycles. The van der Waals surface area contributed by atoms with Crippen molar-refractivity contribution in [2.45, 2.75) is 25.3 Å². The molecule has 0 spiro atoms. The minimum absolute atomic E-state index is 0.305. The van der Waals surface area contributed by atoms with Crippen LogP contribution in [0.4, 0.5) is 5.69 Å². The topological polar surface area (TPSA) is 84.8 Å². The van der Waals surface area contributed by atoms with Crippen molar-refractivity contribution in [3.8, 4) is 11.5 Å². The van der Waals surface area contributed by atoms with Gasteiger partial charge >= 0.3 is 0 Å². The molecule has 0 atom stereocenters. The number of hydrogen-bond acceptors (Lipinski definition) is 6. The zero-order valence-electron chi connectivity index (χ0n) is 19.0. The number of aromatic nitrogens is 1. The molecule has 2 aromatic carbocycles. The maximum Gasteiger partial charge on any atom is 0.258 e. The van der Waals surface area contributed by atoms with Gasteiger partial charge in [-0.05, 0) is 74.2 Å². The van der Waals surface area contributed by atoms with Crippen molar-refractivity contribution in [2.24, 2.45) is 4.99 Å². The first-order chi connectivity index (χ1) is 16.1. The Kier molecular flexibility index (Phi) is 9.14. The summed E-state index contributed by atoms with van der Waals surface area (Å²) < 4.78 is 11.2. The molecule has 0 bridgehead atoms. The minimum atomic E-state index is -0.305. The number of pyridine rings is 1. The maximum absolute atomic E-state index is 13.1. The van der Waals surface area contributed by atoms with Crippen molar-refractivity contribution >= 4 is 29.3 Å². The van der Waals surface area contributed by atoms with Crippen molar-refractivity contribution in [1.29, 1.82) is 0 Å². The first-order valence-electron chi connectivity index (χ1n) is 10.7. The molecule has 1 heterocycles. The summed E-state index contributed by atoms with van der Waals surface area (Å²) >= 11 is 1.64. The summed E-state index contributed by atoms with van der Waals surface area (Å²) in [5.41, 5.74) is 2.26. The Bertz CT molecular complexity index is 1090. The summed E-state index contributed by atoms with van der Waals surface area (Å²) in [6.07, 6.45) is 5.45. The van der Waals surface area contributed by atoms with E-state index in [1.54, 1.807) is 42.4 Å². The number of rotatable bonds is 9. The molecular formula is C25H28N4O3S. The second kappa shape index (κ2) is 12.5. The molecule has 0 saturated heterocycles. The quantitative estimate of drug-likeness (QED) is 0.263. The largest absolute Gasteiger partial charge is 0.490 e. The summed E-state index contributed by atoms with van der Waals surface area (Å²) in [4.78, 5) is 22.8. The highest BCUT2D eigenvalue weighted by atomic mass is 32.2. The van der Waals surface area contributed by atoms with Gasteiger partial charge in [-0.1, -0.05) is 6.07 Å². The molecule has 1 amide bonds. The third kappa shape index (κ3) is 7.25. The van der Waals surface area contributed by atoms with Gasteiger partial charge in [0.2, 0.25) is 5.96 Å². The molecule has 2 N–H and O–H groups in total. The third-order valence-electron chi connectivity index (χ3n) is 4.54. The van der Waals surface area contributed by atoms with Gasteiger partial charge in [0.15, 0.2) is 11.5 Å². The Labute approximate surface area is 198 Å². The number of anilines is 1. The Morgan fingerprint density at radius 2 is 1.76 bits per heavy atom. The molecule has 8 heteroatoms. The van der Waals surface area contributed by atoms with E-state index in [0.717, 1.165) is 16.1 Å². The predicted octanol–water partition coefficient (Wildman–Crippen LogP) is 5.00. The van der Waals surface area contributed by atoms with Gasteiger partial charge < -0.3 is 14.8 Å². The van der Waals surface area contributed by atoms with E-state index in [9.17, 15) is 4.79 Å². The number of nitrogens with zero attached hydrogens (tertiary/aromatic N) is 2. The lowest BCUT2D eigenvalue weighted by atomic mass is 10.2. The summed E-state index contributed by atoms with van der Waals surface area (Å²) in [6.45, 7) is 5.16. The van der Waals surface area contributed by atoms with Crippen molar-refractivity contribution < 1.29 is 14.3 Å². The first-order valence-corrected chi connectivity index (χ1v) is 11.9. The third-order valence-corrected chi connectivity index (χ3v) is 5.26. The lowest BCUT2D eigenvalue weighted by Gasteiger charge is -2.14. The molecular weight excluding hydrogens is 436 g/mol. The molecule has 0 aliphatic heterocycles. The van der Waals surface area contributed by atoms with Gasteiger partial charge in [-0.15, -0.1) is 11.8 Å². The molecule has 3 rings (SSSR count). The van der Waals surface area contributed by atoms with Gasteiger partial charge in [0.1, 0.15) is 0 Å². The zero-order chi connectivity index (χ0) is 23.5. The number of carbonyl (C=O) groups excluding carboxylic acids is 1. The molecule has 0 aliphatic rings. The highest BCUT2D eigenvalue weighted by Gasteiger charge is 2.14. The maximum atomic E-state index is 13.1. The average molecular weight is 465 g/mol. The van der Waals surface area contributed by atoms with Crippen LogP contribution in [0.25, 0.3) is 0 Å². The number of guanidine groups is 1. The van der Waals surface area contributed by atoms with Gasteiger partial charge in [0.05, 0.1) is 19.8 Å². The van der Waals surface area contributed by atoms with Crippen molar-refractivity contribution in [3.63, 3.8) is 0 Å². The van der Waals surface area contributed by atoms with Crippen molar-refractivity contribution in [2.75, 3.05) is 24.8 Å². The lowest BCUT2D eigenvalue weighted by molar-refractivity contribution is 0.0976. The molecule has 0 radical (unpaired) electrons. The van der Waals surface area contributed by atoms with E-state index in [0.29, 0.717) is 42.8 Å². The van der Waals surface area contributed by atoms with E-state index in [2.05, 4.69) is 20.6 Å². The van der Waals surface area contributed by atoms with Gasteiger partial charge in [0, 0.05) is 28.5 Å². The molecule has 0 saturated carbocycles. The van der Waals surface area contributed by atoms with Crippen LogP contribution < -0.4 is 20.1 Å². The monoisotopic (exact) mass is 464 g/mol. The van der Waals surface area contributed by atoms with Crippen LogP contribution in [0.2, 0.25) is 0 Å². The summed E-state index contributed by atoms with van der Waals surface area (Å²) in [7, 11) is 0. The van der Waals surface area contributed by atoms with Gasteiger partial charge in [-0.2, -0.15) is 0 Å². The fourth-order valence-electron chi connectivity index (χ4n) is 2.98. The van der Waals surface area contributed by atoms with E-state index >= 15 is 0 Å². The predicted molar refractivity (Wildman–Crippen MR) is 133 cm³/mol.